The second-order valence-electron chi connectivity index (χ2n) is 4.93. The Labute approximate surface area is 132 Å². The number of ether oxygens (including phenoxy) is 2. The van der Waals surface area contributed by atoms with Gasteiger partial charge in [0.05, 0.1) is 12.6 Å². The van der Waals surface area contributed by atoms with Crippen LogP contribution in [0.25, 0.3) is 0 Å². The molecule has 0 saturated carbocycles. The average molecular weight is 314 g/mol. The third kappa shape index (κ3) is 6.14. The molecule has 0 radical (unpaired) electrons. The highest BCUT2D eigenvalue weighted by atomic mass is 35.5. The van der Waals surface area contributed by atoms with Gasteiger partial charge in [-0.05, 0) is 25.5 Å². The second kappa shape index (κ2) is 9.90. The van der Waals surface area contributed by atoms with Gasteiger partial charge >= 0.3 is 0 Å². The third-order valence-corrected chi connectivity index (χ3v) is 3.65. The minimum Gasteiger partial charge on any atom is -0.385 e. The highest BCUT2D eigenvalue weighted by molar-refractivity contribution is 6.31. The lowest BCUT2D eigenvalue weighted by atomic mass is 10.0. The van der Waals surface area contributed by atoms with Crippen molar-refractivity contribution in [3.8, 4) is 0 Å². The van der Waals surface area contributed by atoms with E-state index in [9.17, 15) is 4.79 Å². The summed E-state index contributed by atoms with van der Waals surface area (Å²) < 4.78 is 10.2. The number of rotatable bonds is 10. The number of Topliss-reactive ketones (excluding diaryl/α,β-unsaturated/α-hetero) is 1. The van der Waals surface area contributed by atoms with E-state index >= 15 is 0 Å². The van der Waals surface area contributed by atoms with Crippen LogP contribution in [0.4, 0.5) is 0 Å². The Hall–Kier alpha value is -0.940. The SMILES string of the molecule is COCCCN(CCOC)C(C)C(=O)c1cccc(Cl)c1. The van der Waals surface area contributed by atoms with Crippen molar-refractivity contribution in [1.29, 1.82) is 0 Å². The van der Waals surface area contributed by atoms with E-state index in [4.69, 9.17) is 21.1 Å². The van der Waals surface area contributed by atoms with Crippen LogP contribution in [-0.2, 0) is 9.47 Å². The van der Waals surface area contributed by atoms with E-state index in [-0.39, 0.29) is 11.8 Å². The summed E-state index contributed by atoms with van der Waals surface area (Å²) >= 11 is 5.96. The number of benzene rings is 1. The molecule has 0 heterocycles. The van der Waals surface area contributed by atoms with Crippen molar-refractivity contribution in [3.63, 3.8) is 0 Å². The van der Waals surface area contributed by atoms with Crippen LogP contribution >= 0.6 is 11.6 Å². The largest absolute Gasteiger partial charge is 0.385 e. The molecule has 21 heavy (non-hydrogen) atoms. The van der Waals surface area contributed by atoms with E-state index in [2.05, 4.69) is 4.90 Å². The Morgan fingerprint density at radius 1 is 1.24 bits per heavy atom. The number of ketones is 1. The maximum atomic E-state index is 12.6. The van der Waals surface area contributed by atoms with Crippen molar-refractivity contribution in [1.82, 2.24) is 4.90 Å². The molecule has 5 heteroatoms. The van der Waals surface area contributed by atoms with Crippen LogP contribution in [0.1, 0.15) is 23.7 Å². The van der Waals surface area contributed by atoms with Crippen LogP contribution in [-0.4, -0.2) is 57.2 Å². The zero-order valence-electron chi connectivity index (χ0n) is 13.0. The summed E-state index contributed by atoms with van der Waals surface area (Å²) in [6.07, 6.45) is 0.882. The normalized spacial score (nSPS) is 12.6. The smallest absolute Gasteiger partial charge is 0.179 e. The first kappa shape index (κ1) is 18.1. The van der Waals surface area contributed by atoms with Gasteiger partial charge in [-0.25, -0.2) is 0 Å². The summed E-state index contributed by atoms with van der Waals surface area (Å²) in [7, 11) is 3.34. The van der Waals surface area contributed by atoms with Gasteiger partial charge in [-0.1, -0.05) is 23.7 Å². The van der Waals surface area contributed by atoms with Crippen molar-refractivity contribution in [3.05, 3.63) is 34.9 Å². The van der Waals surface area contributed by atoms with Gasteiger partial charge in [-0.3, -0.25) is 9.69 Å². The van der Waals surface area contributed by atoms with Gasteiger partial charge in [0, 0.05) is 44.5 Å². The number of halogens is 1. The van der Waals surface area contributed by atoms with Crippen molar-refractivity contribution < 1.29 is 14.3 Å². The molecule has 0 aliphatic rings. The first-order chi connectivity index (χ1) is 10.1. The molecule has 0 amide bonds. The summed E-state index contributed by atoms with van der Waals surface area (Å²) in [5, 5.41) is 0.580. The zero-order valence-corrected chi connectivity index (χ0v) is 13.7. The fourth-order valence-corrected chi connectivity index (χ4v) is 2.36. The fraction of sp³-hybridized carbons (Fsp3) is 0.562. The van der Waals surface area contributed by atoms with E-state index in [1.165, 1.54) is 0 Å². The van der Waals surface area contributed by atoms with Crippen LogP contribution in [0.15, 0.2) is 24.3 Å². The first-order valence-corrected chi connectivity index (χ1v) is 7.49. The molecule has 1 rings (SSSR count). The summed E-state index contributed by atoms with van der Waals surface area (Å²) in [6, 6.07) is 6.87. The van der Waals surface area contributed by atoms with Gasteiger partial charge in [-0.2, -0.15) is 0 Å². The molecular formula is C16H24ClNO3. The number of hydrogen-bond donors (Lipinski definition) is 0. The third-order valence-electron chi connectivity index (χ3n) is 3.41. The lowest BCUT2D eigenvalue weighted by molar-refractivity contribution is 0.0748. The Kier molecular flexibility index (Phi) is 8.54. The molecule has 0 bridgehead atoms. The van der Waals surface area contributed by atoms with Gasteiger partial charge in [0.25, 0.3) is 0 Å². The zero-order chi connectivity index (χ0) is 15.7. The number of carbonyl (C=O) groups is 1. The lowest BCUT2D eigenvalue weighted by Gasteiger charge is -2.28. The molecular weight excluding hydrogens is 290 g/mol. The average Bonchev–Trinajstić information content (AvgIpc) is 2.49. The van der Waals surface area contributed by atoms with Crippen LogP contribution in [0.3, 0.4) is 0 Å². The molecule has 0 aliphatic carbocycles. The highest BCUT2D eigenvalue weighted by Gasteiger charge is 2.22. The van der Waals surface area contributed by atoms with E-state index in [0.29, 0.717) is 30.3 Å². The monoisotopic (exact) mass is 313 g/mol. The molecule has 0 saturated heterocycles. The predicted octanol–water partition coefficient (Wildman–Crippen LogP) is 2.90. The Balaban J connectivity index is 2.72. The molecule has 0 N–H and O–H groups in total. The van der Waals surface area contributed by atoms with Crippen molar-refractivity contribution in [2.45, 2.75) is 19.4 Å². The summed E-state index contributed by atoms with van der Waals surface area (Å²) in [6.45, 7) is 4.71. The molecule has 0 fully saturated rings. The molecule has 1 aromatic rings. The molecule has 4 nitrogen and oxygen atoms in total. The predicted molar refractivity (Wildman–Crippen MR) is 85.2 cm³/mol. The van der Waals surface area contributed by atoms with E-state index < -0.39 is 0 Å². The number of nitrogens with zero attached hydrogens (tertiary/aromatic N) is 1. The van der Waals surface area contributed by atoms with Crippen molar-refractivity contribution in [2.75, 3.05) is 40.5 Å². The molecule has 0 spiro atoms. The van der Waals surface area contributed by atoms with Gasteiger partial charge in [0.1, 0.15) is 0 Å². The van der Waals surface area contributed by atoms with Crippen molar-refractivity contribution >= 4 is 17.4 Å². The highest BCUT2D eigenvalue weighted by Crippen LogP contribution is 2.15. The van der Waals surface area contributed by atoms with Crippen LogP contribution in [0.2, 0.25) is 5.02 Å². The molecule has 118 valence electrons. The standard InChI is InChI=1S/C16H24ClNO3/c1-13(16(19)14-6-4-7-15(17)12-14)18(9-11-21-3)8-5-10-20-2/h4,6-7,12-13H,5,8-11H2,1-3H3. The summed E-state index contributed by atoms with van der Waals surface area (Å²) in [5.74, 6) is 0.0750. The maximum Gasteiger partial charge on any atom is 0.179 e. The van der Waals surface area contributed by atoms with E-state index in [1.807, 2.05) is 6.92 Å². The number of hydrogen-bond acceptors (Lipinski definition) is 4. The van der Waals surface area contributed by atoms with Crippen LogP contribution in [0.5, 0.6) is 0 Å². The number of carbonyl (C=O) groups excluding carboxylic acids is 1. The second-order valence-corrected chi connectivity index (χ2v) is 5.36. The first-order valence-electron chi connectivity index (χ1n) is 7.12. The summed E-state index contributed by atoms with van der Waals surface area (Å²) in [4.78, 5) is 14.7. The number of methoxy groups -OCH3 is 2. The Morgan fingerprint density at radius 3 is 2.57 bits per heavy atom. The fourth-order valence-electron chi connectivity index (χ4n) is 2.17. The van der Waals surface area contributed by atoms with E-state index in [1.54, 1.807) is 38.5 Å². The van der Waals surface area contributed by atoms with Gasteiger partial charge in [0.15, 0.2) is 5.78 Å². The van der Waals surface area contributed by atoms with E-state index in [0.717, 1.165) is 13.0 Å². The van der Waals surface area contributed by atoms with Crippen LogP contribution in [0, 0.1) is 0 Å². The quantitative estimate of drug-likeness (QED) is 0.492. The lowest BCUT2D eigenvalue weighted by Crippen LogP contribution is -2.41. The van der Waals surface area contributed by atoms with Gasteiger partial charge in [-0.15, -0.1) is 0 Å². The molecule has 0 aliphatic heterocycles. The maximum absolute atomic E-state index is 12.6. The summed E-state index contributed by atoms with van der Waals surface area (Å²) in [5.41, 5.74) is 0.643. The van der Waals surface area contributed by atoms with Crippen LogP contribution < -0.4 is 0 Å². The molecule has 1 aromatic carbocycles. The van der Waals surface area contributed by atoms with Gasteiger partial charge < -0.3 is 9.47 Å². The molecule has 0 aromatic heterocycles. The Bertz CT molecular complexity index is 439. The molecule has 1 unspecified atom stereocenters. The van der Waals surface area contributed by atoms with Gasteiger partial charge in [0.2, 0.25) is 0 Å². The topological polar surface area (TPSA) is 38.8 Å². The minimum atomic E-state index is -0.213. The Morgan fingerprint density at radius 2 is 1.95 bits per heavy atom. The molecule has 1 atom stereocenters. The van der Waals surface area contributed by atoms with Crippen molar-refractivity contribution in [2.24, 2.45) is 0 Å². The minimum absolute atomic E-state index is 0.0750.